The lowest BCUT2D eigenvalue weighted by Crippen LogP contribution is -2.59. The molecule has 12 bridgehead atoms. The van der Waals surface area contributed by atoms with Crippen LogP contribution in [-0.4, -0.2) is 47.7 Å². The summed E-state index contributed by atoms with van der Waals surface area (Å²) >= 11 is 0. The van der Waals surface area contributed by atoms with Gasteiger partial charge in [-0.3, -0.25) is 0 Å². The molecule has 15 rings (SSSR count). The quantitative estimate of drug-likeness (QED) is 0.0954. The van der Waals surface area contributed by atoms with E-state index >= 15 is 0 Å². The van der Waals surface area contributed by atoms with Gasteiger partial charge in [0.1, 0.15) is 0 Å². The molecule has 0 aromatic carbocycles. The van der Waals surface area contributed by atoms with E-state index in [1.165, 1.54) is 167 Å². The molecule has 0 saturated heterocycles. The summed E-state index contributed by atoms with van der Waals surface area (Å²) in [6.45, 7) is 80.9. The number of rotatable bonds is 25. The molecular weight excluding hydrogens is 1350 g/mol. The lowest BCUT2D eigenvalue weighted by molar-refractivity contribution is -0.0595. The lowest BCUT2D eigenvalue weighted by atomic mass is 9.48. The Morgan fingerprint density at radius 1 is 0.411 bits per heavy atom. The summed E-state index contributed by atoms with van der Waals surface area (Å²) in [6, 6.07) is 3.86. The van der Waals surface area contributed by atoms with Crippen LogP contribution in [0.5, 0.6) is 0 Å². The van der Waals surface area contributed by atoms with Gasteiger partial charge < -0.3 is 15.5 Å². The van der Waals surface area contributed by atoms with Crippen LogP contribution in [0.2, 0.25) is 0 Å². The maximum Gasteiger partial charge on any atom is 0.0191 e. The average Bonchev–Trinajstić information content (AvgIpc) is 0.912. The standard InChI is InChI=1S/C15H26.C13H23N.C11H20.C11H24.C10H19N.C9H18.C9H20.C8H17N.C8H16.C8H18.C7H16/c1-11(2)3-4-15-8-12-5-13(9-15)7-14(6-12)10-15;1-9(2)14-13-6-10-3-11(7-13)5-12(4-10)8-13;1-8(2)5-11-7-9-3-4-10(11)6-9;1-9(2)8-11(6,7)10(3,4)5;1-7(2)11-10-6-8-3-4-9(10)5-8;1-8(2)7-9(3)5-4-6-9;1-6-9(4,5)7-8(2)3;1-7(2)9(3)8-5-4-6-8;1-7(2)6-8-4-3-5-8;1-5-8(4)6-7(2)3;1-6(2)5-7(3)4/h11-14H,3-10H2,1-2H3;9-12,14H,3-8H2,1-2H3;8-11H,3-7H2,1-2H3;9H,8H2,1-7H3;7-11H,3-6H2,1-2H3;8H,4-7H2,1-3H3;8H,6-7H2,1-5H3;7-8H,4-6H2,1-3H3;7-8H,3-6H2,1-2H3;7-8H,5-6H2,1-4H3;6-7H,5H2,1-4H3. The van der Waals surface area contributed by atoms with E-state index in [4.69, 9.17) is 0 Å². The molecule has 15 aliphatic rings. The van der Waals surface area contributed by atoms with Gasteiger partial charge in [-0.05, 0) is 371 Å². The molecule has 0 radical (unpaired) electrons. The summed E-state index contributed by atoms with van der Waals surface area (Å²) in [5.41, 5.74) is 3.60. The summed E-state index contributed by atoms with van der Waals surface area (Å²) in [6.07, 6.45) is 59.7. The van der Waals surface area contributed by atoms with Crippen molar-refractivity contribution in [1.29, 1.82) is 0 Å². The zero-order valence-electron chi connectivity index (χ0n) is 84.3. The first kappa shape index (κ1) is 106. The number of nitrogens with one attached hydrogen (secondary N) is 2. The van der Waals surface area contributed by atoms with E-state index in [1.54, 1.807) is 89.9 Å². The maximum absolute atomic E-state index is 3.89. The smallest absolute Gasteiger partial charge is 0.0191 e. The van der Waals surface area contributed by atoms with Crippen LogP contribution in [0.4, 0.5) is 0 Å². The fourth-order valence-corrected chi connectivity index (χ4v) is 25.3. The largest absolute Gasteiger partial charge is 0.311 e. The topological polar surface area (TPSA) is 27.3 Å². The van der Waals surface area contributed by atoms with Crippen molar-refractivity contribution < 1.29 is 0 Å². The first-order valence-electron chi connectivity index (χ1n) is 51.1. The summed E-state index contributed by atoms with van der Waals surface area (Å²) < 4.78 is 0. The van der Waals surface area contributed by atoms with Gasteiger partial charge in [0.25, 0.3) is 0 Å². The minimum atomic E-state index is 0.428. The Bertz CT molecular complexity index is 2190. The fourth-order valence-electron chi connectivity index (χ4n) is 25.3. The van der Waals surface area contributed by atoms with E-state index < -0.39 is 0 Å². The minimum absolute atomic E-state index is 0.428. The summed E-state index contributed by atoms with van der Waals surface area (Å²) in [5, 5.41) is 7.56. The van der Waals surface area contributed by atoms with Gasteiger partial charge in [0.2, 0.25) is 0 Å². The zero-order valence-corrected chi connectivity index (χ0v) is 84.3. The summed E-state index contributed by atoms with van der Waals surface area (Å²) in [5.74, 6) is 22.2. The highest BCUT2D eigenvalue weighted by molar-refractivity contribution is 5.07. The van der Waals surface area contributed by atoms with Crippen molar-refractivity contribution in [2.24, 2.45) is 157 Å². The molecule has 15 fully saturated rings. The predicted octanol–water partition coefficient (Wildman–Crippen LogP) is 34.5. The molecule has 0 aromatic rings. The molecule has 3 nitrogen and oxygen atoms in total. The molecule has 15 aliphatic carbocycles. The van der Waals surface area contributed by atoms with E-state index in [0.717, 1.165) is 159 Å². The molecule has 0 heterocycles. The monoisotopic (exact) mass is 1570 g/mol. The Labute approximate surface area is 710 Å². The van der Waals surface area contributed by atoms with Crippen molar-refractivity contribution >= 4 is 0 Å². The van der Waals surface area contributed by atoms with Crippen LogP contribution < -0.4 is 10.6 Å². The van der Waals surface area contributed by atoms with E-state index in [0.29, 0.717) is 33.9 Å². The van der Waals surface area contributed by atoms with Crippen molar-refractivity contribution in [3.8, 4) is 0 Å². The highest BCUT2D eigenvalue weighted by Gasteiger charge is 2.52. The van der Waals surface area contributed by atoms with E-state index in [-0.39, 0.29) is 0 Å². The Kier molecular flexibility index (Phi) is 48.4. The van der Waals surface area contributed by atoms with Gasteiger partial charge in [-0.2, -0.15) is 0 Å². The summed E-state index contributed by atoms with van der Waals surface area (Å²) in [7, 11) is 2.23. The molecule has 0 spiro atoms. The molecule has 7 atom stereocenters. The average molecular weight is 1570 g/mol. The van der Waals surface area contributed by atoms with E-state index in [1.807, 2.05) is 0 Å². The number of hydrogen-bond donors (Lipinski definition) is 2. The molecule has 112 heavy (non-hydrogen) atoms. The second-order valence-corrected chi connectivity index (χ2v) is 50.6. The van der Waals surface area contributed by atoms with Crippen LogP contribution in [0, 0.1) is 157 Å². The molecule has 15 saturated carbocycles. The maximum atomic E-state index is 3.89. The van der Waals surface area contributed by atoms with Crippen molar-refractivity contribution in [2.45, 2.75) is 535 Å². The Balaban J connectivity index is 0.000000322. The molecule has 2 N–H and O–H groups in total. The first-order valence-corrected chi connectivity index (χ1v) is 51.1. The van der Waals surface area contributed by atoms with Crippen molar-refractivity contribution in [3.05, 3.63) is 0 Å². The SMILES string of the molecule is CC(C)CC(C)(C)C(C)(C)C.CC(C)CC(C)C.CC(C)CC1(C)CCC1.CC(C)CC1CC2CCC1C2.CC(C)CC1CCC1.CC(C)CCC12CC3CC(CC(C3)C1)C2.CC(C)N(C)C1CCC1.CC(C)NC12CC3CC(CC(C3)C1)C2.CC(C)NC1CC2CCC1C2.CCC(C)(C)CC(C)C.CCC(C)CC(C)C. The van der Waals surface area contributed by atoms with Crippen LogP contribution >= 0.6 is 0 Å². The van der Waals surface area contributed by atoms with E-state index in [9.17, 15) is 0 Å². The van der Waals surface area contributed by atoms with Crippen LogP contribution in [0.3, 0.4) is 0 Å². The third-order valence-corrected chi connectivity index (χ3v) is 31.3. The van der Waals surface area contributed by atoms with Crippen LogP contribution in [0.1, 0.15) is 499 Å². The Morgan fingerprint density at radius 2 is 0.857 bits per heavy atom. The number of fused-ring (bicyclic) bond motifs is 4. The second kappa shape index (κ2) is 51.1. The van der Waals surface area contributed by atoms with Crippen LogP contribution in [-0.2, 0) is 0 Å². The molecule has 7 unspecified atom stereocenters. The molecule has 3 heteroatoms. The van der Waals surface area contributed by atoms with E-state index in [2.05, 4.69) is 265 Å². The molecule has 0 aliphatic heterocycles. The van der Waals surface area contributed by atoms with Crippen molar-refractivity contribution in [3.63, 3.8) is 0 Å². The minimum Gasteiger partial charge on any atom is -0.311 e. The van der Waals surface area contributed by atoms with Gasteiger partial charge in [-0.25, -0.2) is 0 Å². The van der Waals surface area contributed by atoms with Gasteiger partial charge in [0, 0.05) is 35.7 Å². The van der Waals surface area contributed by atoms with Crippen molar-refractivity contribution in [1.82, 2.24) is 15.5 Å². The van der Waals surface area contributed by atoms with Gasteiger partial charge in [-0.15, -0.1) is 0 Å². The highest BCUT2D eigenvalue weighted by Crippen LogP contribution is 2.62. The highest BCUT2D eigenvalue weighted by atomic mass is 15.2. The fraction of sp³-hybridized carbons (Fsp3) is 1.00. The third-order valence-electron chi connectivity index (χ3n) is 31.3. The zero-order chi connectivity index (χ0) is 84.9. The molecular formula is C109H217N3. The van der Waals surface area contributed by atoms with Gasteiger partial charge in [0.05, 0.1) is 0 Å². The molecule has 0 amide bonds. The van der Waals surface area contributed by atoms with Gasteiger partial charge in [-0.1, -0.05) is 293 Å². The van der Waals surface area contributed by atoms with Gasteiger partial charge in [0.15, 0.2) is 0 Å². The van der Waals surface area contributed by atoms with Crippen molar-refractivity contribution in [2.75, 3.05) is 7.05 Å². The number of nitrogens with zero attached hydrogens (tertiary/aromatic N) is 1. The predicted molar refractivity (Wildman–Crippen MR) is 508 cm³/mol. The lowest BCUT2D eigenvalue weighted by Gasteiger charge is -2.57. The molecule has 0 aromatic heterocycles. The van der Waals surface area contributed by atoms with Gasteiger partial charge >= 0.3 is 0 Å². The molecule has 668 valence electrons. The summed E-state index contributed by atoms with van der Waals surface area (Å²) in [4.78, 5) is 2.48. The number of hydrogen-bond acceptors (Lipinski definition) is 3. The second-order valence-electron chi connectivity index (χ2n) is 50.6. The Morgan fingerprint density at radius 3 is 1.08 bits per heavy atom. The van der Waals surface area contributed by atoms with Crippen LogP contribution in [0.25, 0.3) is 0 Å². The normalized spacial score (nSPS) is 30.3. The van der Waals surface area contributed by atoms with Crippen LogP contribution in [0.15, 0.2) is 0 Å². The third kappa shape index (κ3) is 42.1. The first-order chi connectivity index (χ1) is 51.9. The Hall–Kier alpha value is -0.120.